The van der Waals surface area contributed by atoms with Crippen LogP contribution >= 0.6 is 15.9 Å². The van der Waals surface area contributed by atoms with E-state index >= 15 is 0 Å². The van der Waals surface area contributed by atoms with Gasteiger partial charge in [0.1, 0.15) is 5.75 Å². The van der Waals surface area contributed by atoms with E-state index in [1.54, 1.807) is 0 Å². The Morgan fingerprint density at radius 1 is 1.44 bits per heavy atom. The van der Waals surface area contributed by atoms with Crippen LogP contribution in [0.5, 0.6) is 5.75 Å². The maximum atomic E-state index is 11.6. The van der Waals surface area contributed by atoms with Crippen molar-refractivity contribution >= 4 is 21.9 Å². The second-order valence-corrected chi connectivity index (χ2v) is 5.10. The molecule has 0 saturated heterocycles. The number of methoxy groups -OCH3 is 1. The van der Waals surface area contributed by atoms with Gasteiger partial charge in [0.25, 0.3) is 0 Å². The van der Waals surface area contributed by atoms with Crippen LogP contribution in [0.25, 0.3) is 0 Å². The maximum Gasteiger partial charge on any atom is 0.347 e. The number of halogens is 1. The van der Waals surface area contributed by atoms with Crippen LogP contribution in [0.1, 0.15) is 31.7 Å². The summed E-state index contributed by atoms with van der Waals surface area (Å²) in [6, 6.07) is 5.72. The van der Waals surface area contributed by atoms with Gasteiger partial charge in [-0.1, -0.05) is 29.3 Å². The average Bonchev–Trinajstić information content (AvgIpc) is 2.36. The van der Waals surface area contributed by atoms with E-state index in [2.05, 4.69) is 22.9 Å². The van der Waals surface area contributed by atoms with Crippen molar-refractivity contribution in [3.8, 4) is 5.75 Å². The number of unbranched alkanes of at least 4 members (excludes halogenated alkanes) is 1. The van der Waals surface area contributed by atoms with E-state index in [4.69, 9.17) is 9.47 Å². The topological polar surface area (TPSA) is 35.5 Å². The van der Waals surface area contributed by atoms with Crippen LogP contribution in [-0.2, 0) is 9.53 Å². The zero-order chi connectivity index (χ0) is 13.5. The van der Waals surface area contributed by atoms with Gasteiger partial charge in [-0.3, -0.25) is 0 Å². The number of hydrogen-bond acceptors (Lipinski definition) is 3. The lowest BCUT2D eigenvalue weighted by Crippen LogP contribution is -2.28. The van der Waals surface area contributed by atoms with E-state index in [0.717, 1.165) is 28.6 Å². The monoisotopic (exact) mass is 314 g/mol. The van der Waals surface area contributed by atoms with Crippen molar-refractivity contribution in [2.24, 2.45) is 0 Å². The van der Waals surface area contributed by atoms with Gasteiger partial charge in [-0.15, -0.1) is 0 Å². The van der Waals surface area contributed by atoms with Crippen molar-refractivity contribution in [3.63, 3.8) is 0 Å². The third-order valence-electron chi connectivity index (χ3n) is 2.69. The highest BCUT2D eigenvalue weighted by Crippen LogP contribution is 2.24. The normalized spacial score (nSPS) is 12.0. The molecular formula is C14H19BrO3. The number of ether oxygens (including phenoxy) is 2. The molecule has 0 fully saturated rings. The predicted molar refractivity (Wildman–Crippen MR) is 74.8 cm³/mol. The maximum absolute atomic E-state index is 11.6. The number of esters is 1. The lowest BCUT2D eigenvalue weighted by molar-refractivity contribution is -0.149. The fourth-order valence-electron chi connectivity index (χ4n) is 1.64. The summed E-state index contributed by atoms with van der Waals surface area (Å²) in [6.07, 6.45) is 2.12. The molecule has 0 N–H and O–H groups in total. The van der Waals surface area contributed by atoms with Crippen molar-refractivity contribution in [1.29, 1.82) is 0 Å². The summed E-state index contributed by atoms with van der Waals surface area (Å²) < 4.78 is 11.5. The first-order chi connectivity index (χ1) is 8.58. The Bertz CT molecular complexity index is 404. The summed E-state index contributed by atoms with van der Waals surface area (Å²) >= 11 is 3.40. The first kappa shape index (κ1) is 15.0. The van der Waals surface area contributed by atoms with Crippen LogP contribution in [0, 0.1) is 6.92 Å². The van der Waals surface area contributed by atoms with E-state index in [9.17, 15) is 4.79 Å². The molecule has 1 rings (SSSR count). The summed E-state index contributed by atoms with van der Waals surface area (Å²) in [6.45, 7) is 4.04. The minimum Gasteiger partial charge on any atom is -0.478 e. The van der Waals surface area contributed by atoms with Gasteiger partial charge in [0.05, 0.1) is 7.11 Å². The SMILES string of the molecule is CCCCC(Oc1ccc(Br)cc1C)C(=O)OC. The molecule has 0 amide bonds. The molecule has 1 atom stereocenters. The van der Waals surface area contributed by atoms with Crippen LogP contribution in [0.2, 0.25) is 0 Å². The highest BCUT2D eigenvalue weighted by atomic mass is 79.9. The summed E-state index contributed by atoms with van der Waals surface area (Å²) in [5.74, 6) is 0.412. The molecule has 3 nitrogen and oxygen atoms in total. The third kappa shape index (κ3) is 4.33. The van der Waals surface area contributed by atoms with Crippen LogP contribution in [0.15, 0.2) is 22.7 Å². The van der Waals surface area contributed by atoms with Gasteiger partial charge in [0.15, 0.2) is 6.10 Å². The molecule has 0 heterocycles. The molecule has 0 radical (unpaired) electrons. The van der Waals surface area contributed by atoms with Gasteiger partial charge in [0.2, 0.25) is 0 Å². The molecule has 0 aromatic heterocycles. The molecule has 0 aliphatic rings. The van der Waals surface area contributed by atoms with E-state index in [0.29, 0.717) is 6.42 Å². The summed E-state index contributed by atoms with van der Waals surface area (Å²) in [4.78, 5) is 11.6. The van der Waals surface area contributed by atoms with E-state index in [1.807, 2.05) is 25.1 Å². The second kappa shape index (κ2) is 7.41. The first-order valence-corrected chi connectivity index (χ1v) is 6.88. The first-order valence-electron chi connectivity index (χ1n) is 6.09. The van der Waals surface area contributed by atoms with Gasteiger partial charge < -0.3 is 9.47 Å². The van der Waals surface area contributed by atoms with Gasteiger partial charge in [-0.05, 0) is 43.5 Å². The standard InChI is InChI=1S/C14H19BrO3/c1-4-5-6-13(14(16)17-3)18-12-8-7-11(15)9-10(12)2/h7-9,13H,4-6H2,1-3H3. The largest absolute Gasteiger partial charge is 0.478 e. The molecule has 0 spiro atoms. The van der Waals surface area contributed by atoms with E-state index < -0.39 is 6.10 Å². The van der Waals surface area contributed by atoms with Crippen molar-refractivity contribution in [2.75, 3.05) is 7.11 Å². The molecular weight excluding hydrogens is 296 g/mol. The molecule has 18 heavy (non-hydrogen) atoms. The minimum absolute atomic E-state index is 0.314. The van der Waals surface area contributed by atoms with Gasteiger partial charge >= 0.3 is 5.97 Å². The average molecular weight is 315 g/mol. The van der Waals surface area contributed by atoms with Crippen LogP contribution in [0.4, 0.5) is 0 Å². The number of rotatable bonds is 6. The van der Waals surface area contributed by atoms with Crippen molar-refractivity contribution in [2.45, 2.75) is 39.2 Å². The zero-order valence-corrected chi connectivity index (χ0v) is 12.6. The lowest BCUT2D eigenvalue weighted by Gasteiger charge is -2.18. The Labute approximate surface area is 117 Å². The highest BCUT2D eigenvalue weighted by Gasteiger charge is 2.21. The van der Waals surface area contributed by atoms with E-state index in [1.165, 1.54) is 7.11 Å². The quantitative estimate of drug-likeness (QED) is 0.748. The van der Waals surface area contributed by atoms with Crippen molar-refractivity contribution < 1.29 is 14.3 Å². The number of hydrogen-bond donors (Lipinski definition) is 0. The van der Waals surface area contributed by atoms with Gasteiger partial charge in [-0.2, -0.15) is 0 Å². The minimum atomic E-state index is -0.519. The Hall–Kier alpha value is -1.03. The molecule has 100 valence electrons. The molecule has 0 aliphatic carbocycles. The molecule has 0 saturated carbocycles. The van der Waals surface area contributed by atoms with Gasteiger partial charge in [-0.25, -0.2) is 4.79 Å². The Morgan fingerprint density at radius 2 is 2.17 bits per heavy atom. The second-order valence-electron chi connectivity index (χ2n) is 4.18. The fourth-order valence-corrected chi connectivity index (χ4v) is 2.12. The third-order valence-corrected chi connectivity index (χ3v) is 3.18. The number of carbonyl (C=O) groups excluding carboxylic acids is 1. The van der Waals surface area contributed by atoms with Crippen molar-refractivity contribution in [1.82, 2.24) is 0 Å². The lowest BCUT2D eigenvalue weighted by atomic mass is 10.1. The smallest absolute Gasteiger partial charge is 0.347 e. The summed E-state index contributed by atoms with van der Waals surface area (Å²) in [7, 11) is 1.39. The number of benzene rings is 1. The molecule has 4 heteroatoms. The Morgan fingerprint density at radius 3 is 2.72 bits per heavy atom. The fraction of sp³-hybridized carbons (Fsp3) is 0.500. The van der Waals surface area contributed by atoms with Gasteiger partial charge in [0, 0.05) is 4.47 Å². The van der Waals surface area contributed by atoms with Crippen molar-refractivity contribution in [3.05, 3.63) is 28.2 Å². The van der Waals surface area contributed by atoms with Crippen LogP contribution in [-0.4, -0.2) is 19.2 Å². The molecule has 1 unspecified atom stereocenters. The highest BCUT2D eigenvalue weighted by molar-refractivity contribution is 9.10. The van der Waals surface area contributed by atoms with Crippen LogP contribution < -0.4 is 4.74 Å². The molecule has 1 aromatic rings. The molecule has 0 aliphatic heterocycles. The molecule has 1 aromatic carbocycles. The Kier molecular flexibility index (Phi) is 6.19. The summed E-state index contributed by atoms with van der Waals surface area (Å²) in [5.41, 5.74) is 0.995. The number of carbonyl (C=O) groups is 1. The van der Waals surface area contributed by atoms with E-state index in [-0.39, 0.29) is 5.97 Å². The zero-order valence-electron chi connectivity index (χ0n) is 11.0. The summed E-state index contributed by atoms with van der Waals surface area (Å²) in [5, 5.41) is 0. The predicted octanol–water partition coefficient (Wildman–Crippen LogP) is 3.87. The Balaban J connectivity index is 2.78. The molecule has 0 bridgehead atoms. The number of aryl methyl sites for hydroxylation is 1. The van der Waals surface area contributed by atoms with Crippen LogP contribution in [0.3, 0.4) is 0 Å².